The van der Waals surface area contributed by atoms with Crippen molar-refractivity contribution >= 4 is 0 Å². The molecule has 0 amide bonds. The van der Waals surface area contributed by atoms with Gasteiger partial charge in [0, 0.05) is 17.6 Å². The fourth-order valence-electron chi connectivity index (χ4n) is 2.01. The summed E-state index contributed by atoms with van der Waals surface area (Å²) in [6.45, 7) is 9.31. The fraction of sp³-hybridized carbons (Fsp3) is 0.438. The van der Waals surface area contributed by atoms with Gasteiger partial charge in [-0.2, -0.15) is 0 Å². The summed E-state index contributed by atoms with van der Waals surface area (Å²) in [5.74, 6) is 0.884. The summed E-state index contributed by atoms with van der Waals surface area (Å²) in [7, 11) is 0. The van der Waals surface area contributed by atoms with E-state index in [0.29, 0.717) is 6.54 Å². The molecule has 0 saturated heterocycles. The molecule has 0 unspecified atom stereocenters. The first kappa shape index (κ1) is 13.8. The Morgan fingerprint density at radius 2 is 1.95 bits per heavy atom. The molecule has 1 heterocycles. The summed E-state index contributed by atoms with van der Waals surface area (Å²) in [4.78, 5) is 4.34. The number of nitrogens with zero attached hydrogens (tertiary/aromatic N) is 1. The second-order valence-corrected chi connectivity index (χ2v) is 5.74. The van der Waals surface area contributed by atoms with Crippen molar-refractivity contribution in [2.45, 2.75) is 46.2 Å². The maximum absolute atomic E-state index is 5.61. The zero-order chi connectivity index (χ0) is 13.9. The average Bonchev–Trinajstić information content (AvgIpc) is 2.83. The van der Waals surface area contributed by atoms with Crippen molar-refractivity contribution in [1.82, 2.24) is 10.3 Å². The van der Waals surface area contributed by atoms with Gasteiger partial charge in [-0.15, -0.1) is 0 Å². The minimum Gasteiger partial charge on any atom is -0.443 e. The zero-order valence-electron chi connectivity index (χ0n) is 12.2. The maximum atomic E-state index is 5.61. The van der Waals surface area contributed by atoms with Crippen LogP contribution in [-0.2, 0) is 13.0 Å². The molecule has 3 heteroatoms. The van der Waals surface area contributed by atoms with Crippen LogP contribution in [0.15, 0.2) is 35.1 Å². The van der Waals surface area contributed by atoms with Gasteiger partial charge in [0.15, 0.2) is 12.2 Å². The molecule has 0 aliphatic heterocycles. The molecule has 0 atom stereocenters. The van der Waals surface area contributed by atoms with Crippen molar-refractivity contribution in [2.75, 3.05) is 0 Å². The van der Waals surface area contributed by atoms with E-state index in [1.54, 1.807) is 0 Å². The number of aryl methyl sites for hydroxylation is 1. The first-order valence-electron chi connectivity index (χ1n) is 6.77. The Morgan fingerprint density at radius 3 is 2.63 bits per heavy atom. The lowest BCUT2D eigenvalue weighted by molar-refractivity contribution is 0.421. The summed E-state index contributed by atoms with van der Waals surface area (Å²) in [5.41, 5.74) is 3.47. The van der Waals surface area contributed by atoms with Crippen LogP contribution in [0.1, 0.15) is 39.0 Å². The molecule has 0 saturated carbocycles. The molecule has 0 spiro atoms. The number of oxazole rings is 1. The molecule has 0 fully saturated rings. The normalized spacial score (nSPS) is 11.8. The van der Waals surface area contributed by atoms with Gasteiger partial charge in [0.2, 0.25) is 0 Å². The van der Waals surface area contributed by atoms with Crippen LogP contribution in [0.5, 0.6) is 0 Å². The second-order valence-electron chi connectivity index (χ2n) is 5.74. The van der Waals surface area contributed by atoms with Crippen LogP contribution in [0.2, 0.25) is 0 Å². The van der Waals surface area contributed by atoms with Crippen molar-refractivity contribution < 1.29 is 4.42 Å². The number of benzene rings is 1. The highest BCUT2D eigenvalue weighted by molar-refractivity contribution is 5.64. The van der Waals surface area contributed by atoms with Crippen LogP contribution in [-0.4, -0.2) is 10.5 Å². The minimum absolute atomic E-state index is 0.0699. The van der Waals surface area contributed by atoms with Gasteiger partial charge in [0.25, 0.3) is 0 Å². The van der Waals surface area contributed by atoms with Gasteiger partial charge in [-0.3, -0.25) is 0 Å². The number of nitrogens with one attached hydrogen (secondary N) is 1. The Morgan fingerprint density at radius 1 is 1.21 bits per heavy atom. The zero-order valence-corrected chi connectivity index (χ0v) is 12.2. The molecule has 2 aromatic rings. The fourth-order valence-corrected chi connectivity index (χ4v) is 2.01. The predicted molar refractivity (Wildman–Crippen MR) is 77.9 cm³/mol. The van der Waals surface area contributed by atoms with Gasteiger partial charge in [0.05, 0.1) is 0 Å². The lowest BCUT2D eigenvalue weighted by atomic mass is 10.0. The molecule has 19 heavy (non-hydrogen) atoms. The van der Waals surface area contributed by atoms with Crippen LogP contribution >= 0.6 is 0 Å². The van der Waals surface area contributed by atoms with Crippen LogP contribution in [0.4, 0.5) is 0 Å². The largest absolute Gasteiger partial charge is 0.443 e. The highest BCUT2D eigenvalue weighted by atomic mass is 16.3. The monoisotopic (exact) mass is 258 g/mol. The molecular weight excluding hydrogens is 236 g/mol. The van der Waals surface area contributed by atoms with Gasteiger partial charge < -0.3 is 9.73 Å². The third-order valence-corrected chi connectivity index (χ3v) is 3.07. The molecule has 2 rings (SSSR count). The Labute approximate surface area is 115 Å². The van der Waals surface area contributed by atoms with Gasteiger partial charge in [-0.25, -0.2) is 4.98 Å². The summed E-state index contributed by atoms with van der Waals surface area (Å²) < 4.78 is 5.61. The topological polar surface area (TPSA) is 38.1 Å². The lowest BCUT2D eigenvalue weighted by Crippen LogP contribution is -2.35. The van der Waals surface area contributed by atoms with E-state index in [1.807, 2.05) is 6.07 Å². The standard InChI is InChI=1S/C16H22N2O/c1-5-12-8-6-7-9-13(12)15-14(17-11-19-15)10-18-16(2,3)4/h6-9,11,18H,5,10H2,1-4H3. The van der Waals surface area contributed by atoms with Crippen LogP contribution in [0.25, 0.3) is 11.3 Å². The van der Waals surface area contributed by atoms with E-state index < -0.39 is 0 Å². The summed E-state index contributed by atoms with van der Waals surface area (Å²) in [5, 5.41) is 3.45. The smallest absolute Gasteiger partial charge is 0.181 e. The van der Waals surface area contributed by atoms with E-state index in [2.05, 4.69) is 56.2 Å². The predicted octanol–water partition coefficient (Wildman–Crippen LogP) is 3.79. The first-order valence-corrected chi connectivity index (χ1v) is 6.77. The lowest BCUT2D eigenvalue weighted by Gasteiger charge is -2.20. The highest BCUT2D eigenvalue weighted by Gasteiger charge is 2.16. The maximum Gasteiger partial charge on any atom is 0.181 e. The summed E-state index contributed by atoms with van der Waals surface area (Å²) in [6, 6.07) is 8.34. The molecular formula is C16H22N2O. The minimum atomic E-state index is 0.0699. The van der Waals surface area contributed by atoms with E-state index in [0.717, 1.165) is 23.4 Å². The Kier molecular flexibility index (Phi) is 4.05. The Balaban J connectivity index is 2.29. The number of hydrogen-bond donors (Lipinski definition) is 1. The second kappa shape index (κ2) is 5.57. The van der Waals surface area contributed by atoms with E-state index >= 15 is 0 Å². The van der Waals surface area contributed by atoms with Gasteiger partial charge in [0.1, 0.15) is 5.69 Å². The quantitative estimate of drug-likeness (QED) is 0.906. The van der Waals surface area contributed by atoms with Gasteiger partial charge >= 0.3 is 0 Å². The molecule has 1 aromatic carbocycles. The summed E-state index contributed by atoms with van der Waals surface area (Å²) in [6.07, 6.45) is 2.52. The molecule has 0 aliphatic carbocycles. The van der Waals surface area contributed by atoms with E-state index in [1.165, 1.54) is 12.0 Å². The van der Waals surface area contributed by atoms with E-state index in [9.17, 15) is 0 Å². The van der Waals surface area contributed by atoms with Crippen molar-refractivity contribution in [3.05, 3.63) is 41.9 Å². The van der Waals surface area contributed by atoms with Crippen molar-refractivity contribution in [1.29, 1.82) is 0 Å². The Hall–Kier alpha value is -1.61. The third kappa shape index (κ3) is 3.44. The first-order chi connectivity index (χ1) is 9.01. The molecule has 0 radical (unpaired) electrons. The van der Waals surface area contributed by atoms with Gasteiger partial charge in [-0.1, -0.05) is 31.2 Å². The van der Waals surface area contributed by atoms with E-state index in [4.69, 9.17) is 4.42 Å². The average molecular weight is 258 g/mol. The highest BCUT2D eigenvalue weighted by Crippen LogP contribution is 2.27. The van der Waals surface area contributed by atoms with E-state index in [-0.39, 0.29) is 5.54 Å². The van der Waals surface area contributed by atoms with Crippen molar-refractivity contribution in [2.24, 2.45) is 0 Å². The van der Waals surface area contributed by atoms with Crippen molar-refractivity contribution in [3.8, 4) is 11.3 Å². The molecule has 102 valence electrons. The van der Waals surface area contributed by atoms with Gasteiger partial charge in [-0.05, 0) is 32.8 Å². The molecule has 1 N–H and O–H groups in total. The molecule has 0 aliphatic rings. The summed E-state index contributed by atoms with van der Waals surface area (Å²) >= 11 is 0. The van der Waals surface area contributed by atoms with Crippen LogP contribution in [0.3, 0.4) is 0 Å². The van der Waals surface area contributed by atoms with Crippen LogP contribution in [0, 0.1) is 0 Å². The van der Waals surface area contributed by atoms with Crippen molar-refractivity contribution in [3.63, 3.8) is 0 Å². The molecule has 3 nitrogen and oxygen atoms in total. The molecule has 0 bridgehead atoms. The molecule has 1 aromatic heterocycles. The number of rotatable bonds is 4. The number of aromatic nitrogens is 1. The third-order valence-electron chi connectivity index (χ3n) is 3.07. The number of hydrogen-bond acceptors (Lipinski definition) is 3. The SMILES string of the molecule is CCc1ccccc1-c1ocnc1CNC(C)(C)C. The Bertz CT molecular complexity index is 538. The van der Waals surface area contributed by atoms with Crippen LogP contribution < -0.4 is 5.32 Å².